The second kappa shape index (κ2) is 13.3. The maximum absolute atomic E-state index is 13.8. The van der Waals surface area contributed by atoms with Gasteiger partial charge in [0.05, 0.1) is 30.9 Å². The first kappa shape index (κ1) is 31.8. The summed E-state index contributed by atoms with van der Waals surface area (Å²) in [6.45, 7) is 2.01. The highest BCUT2D eigenvalue weighted by molar-refractivity contribution is 6.05. The van der Waals surface area contributed by atoms with Crippen molar-refractivity contribution in [3.63, 3.8) is 0 Å². The molecule has 0 bridgehead atoms. The summed E-state index contributed by atoms with van der Waals surface area (Å²) in [6, 6.07) is 9.01. The maximum Gasteiger partial charge on any atom is 0.328 e. The van der Waals surface area contributed by atoms with Crippen molar-refractivity contribution in [3.05, 3.63) is 71.4 Å². The van der Waals surface area contributed by atoms with Crippen LogP contribution in [0.2, 0.25) is 0 Å². The number of carbonyl (C=O) groups excluding carboxylic acids is 2. The number of aromatic nitrogens is 4. The van der Waals surface area contributed by atoms with Gasteiger partial charge in [0.15, 0.2) is 5.82 Å². The molecule has 1 aromatic carbocycles. The predicted octanol–water partition coefficient (Wildman–Crippen LogP) is 6.23. The number of fused-ring (bicyclic) bond motifs is 1. The van der Waals surface area contributed by atoms with E-state index in [1.54, 1.807) is 12.1 Å². The average Bonchev–Trinajstić information content (AvgIpc) is 3.67. The normalized spacial score (nSPS) is 16.4. The van der Waals surface area contributed by atoms with Crippen molar-refractivity contribution in [3.8, 4) is 17.3 Å². The number of amides is 2. The number of hydrogen-bond acceptors (Lipinski definition) is 7. The number of aryl methyl sites for hydroxylation is 1. The zero-order chi connectivity index (χ0) is 33.1. The van der Waals surface area contributed by atoms with Gasteiger partial charge in [0.25, 0.3) is 11.8 Å². The second-order valence-corrected chi connectivity index (χ2v) is 12.2. The smallest absolute Gasteiger partial charge is 0.328 e. The van der Waals surface area contributed by atoms with E-state index in [9.17, 15) is 18.8 Å². The van der Waals surface area contributed by atoms with Gasteiger partial charge in [-0.05, 0) is 74.6 Å². The zero-order valence-corrected chi connectivity index (χ0v) is 26.4. The largest absolute Gasteiger partial charge is 0.479 e. The van der Waals surface area contributed by atoms with Crippen LogP contribution < -0.4 is 15.4 Å². The molecule has 0 atom stereocenters. The molecule has 2 saturated carbocycles. The molecule has 0 unspecified atom stereocenters. The molecular weight excluding hydrogens is 603 g/mol. The Morgan fingerprint density at radius 2 is 1.81 bits per heavy atom. The summed E-state index contributed by atoms with van der Waals surface area (Å²) in [6.07, 6.45) is 12.7. The lowest BCUT2D eigenvalue weighted by molar-refractivity contribution is -0.131. The lowest BCUT2D eigenvalue weighted by Gasteiger charge is -2.29. The highest BCUT2D eigenvalue weighted by Crippen LogP contribution is 2.40. The number of carboxylic acids is 1. The van der Waals surface area contributed by atoms with Crippen molar-refractivity contribution in [2.45, 2.75) is 76.3 Å². The fraction of sp³-hybridized carbons (Fsp3) is 0.371. The van der Waals surface area contributed by atoms with Gasteiger partial charge in [0, 0.05) is 28.6 Å². The van der Waals surface area contributed by atoms with Crippen molar-refractivity contribution in [2.75, 3.05) is 12.4 Å². The number of hydrogen-bond donors (Lipinski definition) is 3. The van der Waals surface area contributed by atoms with Crippen LogP contribution in [0.3, 0.4) is 0 Å². The molecule has 0 aliphatic heterocycles. The Morgan fingerprint density at radius 1 is 1.04 bits per heavy atom. The Labute approximate surface area is 271 Å². The zero-order valence-electron chi connectivity index (χ0n) is 26.4. The van der Waals surface area contributed by atoms with Crippen molar-refractivity contribution in [1.29, 1.82) is 0 Å². The molecule has 3 heterocycles. The number of aliphatic carboxylic acids is 1. The number of carboxylic acid groups (broad SMARTS) is 1. The summed E-state index contributed by atoms with van der Waals surface area (Å²) in [5, 5.41) is 15.6. The van der Waals surface area contributed by atoms with Crippen LogP contribution in [0.1, 0.15) is 85.4 Å². The molecule has 11 nitrogen and oxygen atoms in total. The minimum absolute atomic E-state index is 0.0452. The fourth-order valence-electron chi connectivity index (χ4n) is 6.94. The minimum atomic E-state index is -1.16. The van der Waals surface area contributed by atoms with E-state index in [1.807, 2.05) is 19.1 Å². The lowest BCUT2D eigenvalue weighted by Crippen LogP contribution is -2.55. The molecular formula is C35H37FN6O5. The number of carbonyl (C=O) groups is 3. The molecule has 2 aliphatic rings. The van der Waals surface area contributed by atoms with Crippen LogP contribution in [0.4, 0.5) is 10.2 Å². The van der Waals surface area contributed by atoms with E-state index in [4.69, 9.17) is 9.84 Å². The number of nitrogens with zero attached hydrogens (tertiary/aromatic N) is 4. The summed E-state index contributed by atoms with van der Waals surface area (Å²) in [4.78, 5) is 51.3. The Bertz CT molecular complexity index is 1860. The van der Waals surface area contributed by atoms with Crippen LogP contribution in [-0.2, 0) is 9.59 Å². The molecule has 47 heavy (non-hydrogen) atoms. The van der Waals surface area contributed by atoms with Crippen LogP contribution in [-0.4, -0.2) is 55.1 Å². The maximum atomic E-state index is 13.8. The van der Waals surface area contributed by atoms with Gasteiger partial charge in [0.1, 0.15) is 17.1 Å². The monoisotopic (exact) mass is 640 g/mol. The number of methoxy groups -OCH3 is 1. The summed E-state index contributed by atoms with van der Waals surface area (Å²) < 4.78 is 21.4. The third-order valence-corrected chi connectivity index (χ3v) is 9.26. The summed E-state index contributed by atoms with van der Waals surface area (Å²) in [5.74, 6) is -2.17. The van der Waals surface area contributed by atoms with Crippen molar-refractivity contribution < 1.29 is 28.6 Å². The second-order valence-electron chi connectivity index (χ2n) is 12.2. The van der Waals surface area contributed by atoms with E-state index in [0.717, 1.165) is 66.8 Å². The van der Waals surface area contributed by atoms with E-state index in [0.29, 0.717) is 24.1 Å². The van der Waals surface area contributed by atoms with Gasteiger partial charge in [0.2, 0.25) is 5.88 Å². The van der Waals surface area contributed by atoms with Crippen LogP contribution in [0.5, 0.6) is 5.88 Å². The van der Waals surface area contributed by atoms with Crippen molar-refractivity contribution in [1.82, 2.24) is 24.8 Å². The van der Waals surface area contributed by atoms with E-state index >= 15 is 0 Å². The van der Waals surface area contributed by atoms with Crippen LogP contribution in [0, 0.1) is 12.7 Å². The highest BCUT2D eigenvalue weighted by atomic mass is 19.1. The van der Waals surface area contributed by atoms with Gasteiger partial charge in [-0.1, -0.05) is 32.1 Å². The molecule has 2 fully saturated rings. The van der Waals surface area contributed by atoms with E-state index in [-0.39, 0.29) is 29.3 Å². The molecule has 0 spiro atoms. The topological polar surface area (TPSA) is 148 Å². The van der Waals surface area contributed by atoms with Crippen LogP contribution in [0.15, 0.2) is 48.8 Å². The number of halogens is 1. The van der Waals surface area contributed by atoms with Gasteiger partial charge < -0.3 is 25.0 Å². The van der Waals surface area contributed by atoms with Gasteiger partial charge in [-0.3, -0.25) is 14.6 Å². The standard InChI is InChI=1S/C35H37FN6O5/c1-21-25-18-22(10-14-28(25)42(24-8-4-3-5-9-24)31(21)26-12-11-23(36)19-37-26)32(45)41-35(16-6-7-17-35)34(46)40-29-20-38-27(13-15-30(43)44)33(39-29)47-2/h10-15,18-20,24H,3-9,16-17H2,1-2H3,(H,41,45)(H,43,44)(H,39,40,46)/b15-13+. The Kier molecular flexibility index (Phi) is 9.01. The van der Waals surface area contributed by atoms with Crippen LogP contribution >= 0.6 is 0 Å². The molecule has 244 valence electrons. The third-order valence-electron chi connectivity index (χ3n) is 9.26. The predicted molar refractivity (Wildman–Crippen MR) is 175 cm³/mol. The van der Waals surface area contributed by atoms with Crippen molar-refractivity contribution >= 4 is 40.6 Å². The van der Waals surface area contributed by atoms with E-state index < -0.39 is 23.2 Å². The van der Waals surface area contributed by atoms with Crippen LogP contribution in [0.25, 0.3) is 28.4 Å². The molecule has 3 aromatic heterocycles. The van der Waals surface area contributed by atoms with Gasteiger partial charge in [-0.15, -0.1) is 0 Å². The van der Waals surface area contributed by atoms with Crippen molar-refractivity contribution in [2.24, 2.45) is 0 Å². The molecule has 6 rings (SSSR count). The molecule has 2 aliphatic carbocycles. The summed E-state index contributed by atoms with van der Waals surface area (Å²) >= 11 is 0. The number of ether oxygens (including phenoxy) is 1. The number of rotatable bonds is 9. The Morgan fingerprint density at radius 3 is 2.49 bits per heavy atom. The number of anilines is 1. The average molecular weight is 641 g/mol. The molecule has 0 saturated heterocycles. The first-order valence-electron chi connectivity index (χ1n) is 15.9. The highest BCUT2D eigenvalue weighted by Gasteiger charge is 2.43. The number of benzene rings is 1. The lowest BCUT2D eigenvalue weighted by atomic mass is 9.94. The molecule has 3 N–H and O–H groups in total. The summed E-state index contributed by atoms with van der Waals surface area (Å²) in [5.41, 5.74) is 3.03. The molecule has 0 radical (unpaired) electrons. The van der Waals surface area contributed by atoms with E-state index in [2.05, 4.69) is 30.2 Å². The number of nitrogens with one attached hydrogen (secondary N) is 2. The number of pyridine rings is 1. The molecule has 2 amide bonds. The fourth-order valence-corrected chi connectivity index (χ4v) is 6.94. The third kappa shape index (κ3) is 6.45. The van der Waals surface area contributed by atoms with E-state index in [1.165, 1.54) is 38.1 Å². The first-order valence-corrected chi connectivity index (χ1v) is 15.9. The first-order chi connectivity index (χ1) is 22.7. The Balaban J connectivity index is 1.29. The SMILES string of the molecule is COc1nc(NC(=O)C2(NC(=O)c3ccc4c(c3)c(C)c(-c3ccc(F)cn3)n4C3CCCCC3)CCCC2)cnc1/C=C/C(=O)O. The molecule has 12 heteroatoms. The van der Waals surface area contributed by atoms with Gasteiger partial charge >= 0.3 is 5.97 Å². The summed E-state index contributed by atoms with van der Waals surface area (Å²) in [7, 11) is 1.37. The van der Waals surface area contributed by atoms with Gasteiger partial charge in [-0.25, -0.2) is 14.2 Å². The minimum Gasteiger partial charge on any atom is -0.479 e. The molecule has 4 aromatic rings. The quantitative estimate of drug-likeness (QED) is 0.182. The van der Waals surface area contributed by atoms with Gasteiger partial charge in [-0.2, -0.15) is 4.98 Å². The Hall–Kier alpha value is -5.13.